The Morgan fingerprint density at radius 2 is 1.57 bits per heavy atom. The molecule has 1 saturated carbocycles. The number of nitrogens with one attached hydrogen (secondary N) is 1. The SMILES string of the molecule is C=CCCC1CCC(c2ccc(-c3ccc(-c4ccc(CCCNC(=O)C=C)cc4)c(F)c3)cc2)CC1. The van der Waals surface area contributed by atoms with Gasteiger partial charge in [0.15, 0.2) is 0 Å². The second-order valence-corrected chi connectivity index (χ2v) is 10.2. The molecule has 1 aliphatic carbocycles. The Balaban J connectivity index is 1.35. The summed E-state index contributed by atoms with van der Waals surface area (Å²) in [7, 11) is 0. The summed E-state index contributed by atoms with van der Waals surface area (Å²) >= 11 is 0. The number of halogens is 1. The second kappa shape index (κ2) is 13.2. The van der Waals surface area contributed by atoms with Crippen molar-refractivity contribution in [1.82, 2.24) is 5.32 Å². The minimum absolute atomic E-state index is 0.150. The van der Waals surface area contributed by atoms with Gasteiger partial charge in [0, 0.05) is 12.1 Å². The maximum atomic E-state index is 15.1. The number of hydrogen-bond acceptors (Lipinski definition) is 1. The normalized spacial score (nSPS) is 17.2. The molecule has 0 radical (unpaired) electrons. The fourth-order valence-corrected chi connectivity index (χ4v) is 5.44. The number of allylic oxidation sites excluding steroid dienone is 1. The first-order chi connectivity index (χ1) is 18.1. The van der Waals surface area contributed by atoms with Crippen molar-refractivity contribution < 1.29 is 9.18 Å². The highest BCUT2D eigenvalue weighted by Gasteiger charge is 2.22. The van der Waals surface area contributed by atoms with Crippen LogP contribution in [0.5, 0.6) is 0 Å². The van der Waals surface area contributed by atoms with E-state index >= 15 is 4.39 Å². The van der Waals surface area contributed by atoms with E-state index < -0.39 is 0 Å². The topological polar surface area (TPSA) is 29.1 Å². The lowest BCUT2D eigenvalue weighted by Gasteiger charge is -2.28. The minimum Gasteiger partial charge on any atom is -0.353 e. The van der Waals surface area contributed by atoms with E-state index in [1.54, 1.807) is 6.07 Å². The summed E-state index contributed by atoms with van der Waals surface area (Å²) in [5.41, 5.74) is 6.00. The van der Waals surface area contributed by atoms with E-state index in [2.05, 4.69) is 42.7 Å². The lowest BCUT2D eigenvalue weighted by atomic mass is 9.77. The molecule has 37 heavy (non-hydrogen) atoms. The summed E-state index contributed by atoms with van der Waals surface area (Å²) in [4.78, 5) is 11.2. The van der Waals surface area contributed by atoms with Gasteiger partial charge in [-0.3, -0.25) is 4.79 Å². The van der Waals surface area contributed by atoms with Crippen LogP contribution >= 0.6 is 0 Å². The van der Waals surface area contributed by atoms with Gasteiger partial charge in [-0.25, -0.2) is 4.39 Å². The lowest BCUT2D eigenvalue weighted by Crippen LogP contribution is -2.22. The van der Waals surface area contributed by atoms with Crippen LogP contribution in [0.1, 0.15) is 62.0 Å². The molecule has 0 spiro atoms. The molecular formula is C34H38FNO. The number of aryl methyl sites for hydroxylation is 1. The molecule has 0 aliphatic heterocycles. The molecule has 3 aromatic rings. The highest BCUT2D eigenvalue weighted by atomic mass is 19.1. The number of carbonyl (C=O) groups excluding carboxylic acids is 1. The molecule has 3 heteroatoms. The Labute approximate surface area is 221 Å². The van der Waals surface area contributed by atoms with Gasteiger partial charge < -0.3 is 5.32 Å². The monoisotopic (exact) mass is 495 g/mol. The first-order valence-corrected chi connectivity index (χ1v) is 13.6. The van der Waals surface area contributed by atoms with Crippen LogP contribution < -0.4 is 5.32 Å². The van der Waals surface area contributed by atoms with Crippen LogP contribution in [-0.2, 0) is 11.2 Å². The van der Waals surface area contributed by atoms with Gasteiger partial charge in [0.25, 0.3) is 0 Å². The molecule has 1 amide bonds. The van der Waals surface area contributed by atoms with Crippen LogP contribution in [0.2, 0.25) is 0 Å². The highest BCUT2D eigenvalue weighted by Crippen LogP contribution is 2.38. The summed E-state index contributed by atoms with van der Waals surface area (Å²) in [5.74, 6) is 1.13. The zero-order valence-electron chi connectivity index (χ0n) is 21.7. The summed E-state index contributed by atoms with van der Waals surface area (Å²) in [6, 6.07) is 22.3. The average molecular weight is 496 g/mol. The lowest BCUT2D eigenvalue weighted by molar-refractivity contribution is -0.116. The molecule has 3 aromatic carbocycles. The Morgan fingerprint density at radius 3 is 2.22 bits per heavy atom. The Kier molecular flexibility index (Phi) is 9.48. The molecule has 4 rings (SSSR count). The first kappa shape index (κ1) is 26.6. The van der Waals surface area contributed by atoms with Crippen molar-refractivity contribution in [1.29, 1.82) is 0 Å². The summed E-state index contributed by atoms with van der Waals surface area (Å²) in [5, 5.41) is 2.78. The summed E-state index contributed by atoms with van der Waals surface area (Å²) in [6.07, 6.45) is 12.6. The molecule has 0 heterocycles. The van der Waals surface area contributed by atoms with Crippen molar-refractivity contribution in [3.8, 4) is 22.3 Å². The zero-order chi connectivity index (χ0) is 26.0. The summed E-state index contributed by atoms with van der Waals surface area (Å²) < 4.78 is 15.1. The molecule has 1 fully saturated rings. The fraction of sp³-hybridized carbons (Fsp3) is 0.324. The van der Waals surface area contributed by atoms with Crippen LogP contribution in [-0.4, -0.2) is 12.5 Å². The van der Waals surface area contributed by atoms with Crippen LogP contribution in [0.15, 0.2) is 92.0 Å². The molecule has 1 N–H and O–H groups in total. The van der Waals surface area contributed by atoms with Gasteiger partial charge in [-0.1, -0.05) is 73.3 Å². The maximum absolute atomic E-state index is 15.1. The third-order valence-electron chi connectivity index (χ3n) is 7.70. The predicted molar refractivity (Wildman–Crippen MR) is 153 cm³/mol. The Morgan fingerprint density at radius 1 is 0.892 bits per heavy atom. The molecule has 0 bridgehead atoms. The van der Waals surface area contributed by atoms with E-state index in [-0.39, 0.29) is 11.7 Å². The third-order valence-corrected chi connectivity index (χ3v) is 7.70. The van der Waals surface area contributed by atoms with Crippen LogP contribution in [0.4, 0.5) is 4.39 Å². The van der Waals surface area contributed by atoms with Gasteiger partial charge in [-0.15, -0.1) is 6.58 Å². The van der Waals surface area contributed by atoms with Gasteiger partial charge in [-0.05, 0) is 103 Å². The fourth-order valence-electron chi connectivity index (χ4n) is 5.44. The second-order valence-electron chi connectivity index (χ2n) is 10.2. The molecule has 0 unspecified atom stereocenters. The average Bonchev–Trinajstić information content (AvgIpc) is 2.95. The minimum atomic E-state index is -0.209. The number of rotatable bonds is 11. The van der Waals surface area contributed by atoms with Crippen molar-refractivity contribution in [2.45, 2.75) is 57.3 Å². The molecule has 2 nitrogen and oxygen atoms in total. The predicted octanol–water partition coefficient (Wildman–Crippen LogP) is 8.63. The maximum Gasteiger partial charge on any atom is 0.243 e. The van der Waals surface area contributed by atoms with Crippen molar-refractivity contribution in [3.63, 3.8) is 0 Å². The summed E-state index contributed by atoms with van der Waals surface area (Å²) in [6.45, 7) is 7.91. The van der Waals surface area contributed by atoms with Crippen LogP contribution in [0.25, 0.3) is 22.3 Å². The van der Waals surface area contributed by atoms with E-state index in [4.69, 9.17) is 0 Å². The highest BCUT2D eigenvalue weighted by molar-refractivity contribution is 5.86. The van der Waals surface area contributed by atoms with Gasteiger partial charge in [0.05, 0.1) is 0 Å². The number of benzene rings is 3. The van der Waals surface area contributed by atoms with E-state index in [0.29, 0.717) is 18.0 Å². The number of hydrogen-bond donors (Lipinski definition) is 1. The Hall–Kier alpha value is -3.46. The van der Waals surface area contributed by atoms with Gasteiger partial charge in [-0.2, -0.15) is 0 Å². The van der Waals surface area contributed by atoms with E-state index in [0.717, 1.165) is 41.9 Å². The molecule has 0 atom stereocenters. The quantitative estimate of drug-likeness (QED) is 0.161. The molecule has 0 saturated heterocycles. The van der Waals surface area contributed by atoms with Gasteiger partial charge in [0.1, 0.15) is 5.82 Å². The Bertz CT molecular complexity index is 1190. The van der Waals surface area contributed by atoms with Gasteiger partial charge >= 0.3 is 0 Å². The van der Waals surface area contributed by atoms with Crippen molar-refractivity contribution in [3.05, 3.63) is 109 Å². The first-order valence-electron chi connectivity index (χ1n) is 13.6. The molecule has 0 aromatic heterocycles. The van der Waals surface area contributed by atoms with E-state index in [9.17, 15) is 4.79 Å². The van der Waals surface area contributed by atoms with Crippen LogP contribution in [0, 0.1) is 11.7 Å². The molecular weight excluding hydrogens is 457 g/mol. The number of amides is 1. The van der Waals surface area contributed by atoms with E-state index in [1.807, 2.05) is 42.5 Å². The smallest absolute Gasteiger partial charge is 0.243 e. The third kappa shape index (κ3) is 7.29. The molecule has 1 aliphatic rings. The van der Waals surface area contributed by atoms with Crippen molar-refractivity contribution in [2.24, 2.45) is 5.92 Å². The largest absolute Gasteiger partial charge is 0.353 e. The standard InChI is InChI=1S/C34H38FNO/c1-3-5-7-25-9-13-27(14-10-25)28-17-19-29(20-18-28)31-21-22-32(33(35)24-31)30-15-11-26(12-16-30)8-6-23-36-34(37)4-2/h3-4,11-12,15-22,24-25,27H,1-2,5-10,13-14,23H2,(H,36,37). The van der Waals surface area contributed by atoms with Gasteiger partial charge in [0.2, 0.25) is 5.91 Å². The van der Waals surface area contributed by atoms with Crippen LogP contribution in [0.3, 0.4) is 0 Å². The zero-order valence-corrected chi connectivity index (χ0v) is 21.7. The van der Waals surface area contributed by atoms with E-state index in [1.165, 1.54) is 49.3 Å². The number of carbonyl (C=O) groups is 1. The van der Waals surface area contributed by atoms with Crippen molar-refractivity contribution in [2.75, 3.05) is 6.54 Å². The molecule has 192 valence electrons. The van der Waals surface area contributed by atoms with Crippen molar-refractivity contribution >= 4 is 5.91 Å².